The molecular formula is C17H14O5S2. The van der Waals surface area contributed by atoms with Crippen LogP contribution in [0.2, 0.25) is 0 Å². The average Bonchev–Trinajstić information content (AvgIpc) is 2.55. The van der Waals surface area contributed by atoms with E-state index in [1.54, 1.807) is 42.5 Å². The fourth-order valence-electron chi connectivity index (χ4n) is 2.66. The summed E-state index contributed by atoms with van der Waals surface area (Å²) < 4.78 is 30.3. The van der Waals surface area contributed by atoms with Gasteiger partial charge in [0.05, 0.1) is 5.75 Å². The van der Waals surface area contributed by atoms with Crippen LogP contribution in [-0.2, 0) is 10.1 Å². The lowest BCUT2D eigenvalue weighted by molar-refractivity contribution is 0.0977. The van der Waals surface area contributed by atoms with Crippen LogP contribution in [0, 0.1) is 0 Å². The van der Waals surface area contributed by atoms with E-state index in [0.717, 1.165) is 0 Å². The molecule has 1 aliphatic rings. The van der Waals surface area contributed by atoms with E-state index in [-0.39, 0.29) is 23.7 Å². The molecule has 0 aliphatic heterocycles. The summed E-state index contributed by atoms with van der Waals surface area (Å²) in [5, 5.41) is 0. The molecule has 0 bridgehead atoms. The number of fused-ring (bicyclic) bond motifs is 2. The molecule has 0 fully saturated rings. The Labute approximate surface area is 143 Å². The molecule has 1 N–H and O–H groups in total. The van der Waals surface area contributed by atoms with Gasteiger partial charge in [-0.15, -0.1) is 11.8 Å². The topological polar surface area (TPSA) is 88.5 Å². The van der Waals surface area contributed by atoms with Crippen molar-refractivity contribution < 1.29 is 22.6 Å². The molecule has 3 rings (SSSR count). The summed E-state index contributed by atoms with van der Waals surface area (Å²) in [6.45, 7) is 0. The van der Waals surface area contributed by atoms with E-state index in [4.69, 9.17) is 4.55 Å². The number of benzene rings is 2. The highest BCUT2D eigenvalue weighted by atomic mass is 32.2. The number of hydrogen-bond donors (Lipinski definition) is 1. The largest absolute Gasteiger partial charge is 0.289 e. The average molecular weight is 362 g/mol. The monoisotopic (exact) mass is 362 g/mol. The first-order valence-corrected chi connectivity index (χ1v) is 9.87. The standard InChI is InChI=1S/C17H14O5S2/c18-16-11-5-1-2-6-12(11)17(19)15-13(16)7-3-8-14(15)23-9-4-10-24(20,21)22/h1-3,5-8H,4,9-10H2,(H,20,21,22). The number of thioether (sulfide) groups is 1. The van der Waals surface area contributed by atoms with E-state index in [9.17, 15) is 18.0 Å². The number of rotatable bonds is 5. The highest BCUT2D eigenvalue weighted by molar-refractivity contribution is 7.99. The predicted octanol–water partition coefficient (Wildman–Crippen LogP) is 2.83. The Morgan fingerprint density at radius 3 is 2.17 bits per heavy atom. The van der Waals surface area contributed by atoms with Crippen LogP contribution >= 0.6 is 11.8 Å². The molecule has 0 unspecified atom stereocenters. The van der Waals surface area contributed by atoms with Crippen LogP contribution in [0.1, 0.15) is 38.3 Å². The highest BCUT2D eigenvalue weighted by Crippen LogP contribution is 2.34. The van der Waals surface area contributed by atoms with Crippen molar-refractivity contribution in [2.24, 2.45) is 0 Å². The molecule has 0 spiro atoms. The smallest absolute Gasteiger partial charge is 0.264 e. The first-order chi connectivity index (χ1) is 11.4. The molecule has 7 heteroatoms. The third-order valence-electron chi connectivity index (χ3n) is 3.72. The minimum Gasteiger partial charge on any atom is -0.289 e. The van der Waals surface area contributed by atoms with E-state index in [1.165, 1.54) is 11.8 Å². The summed E-state index contributed by atoms with van der Waals surface area (Å²) in [6.07, 6.45) is 0.256. The second kappa shape index (κ2) is 6.51. The van der Waals surface area contributed by atoms with Crippen molar-refractivity contribution in [3.63, 3.8) is 0 Å². The van der Waals surface area contributed by atoms with Gasteiger partial charge in [0.15, 0.2) is 11.6 Å². The Balaban J connectivity index is 1.90. The molecule has 0 aromatic heterocycles. The molecule has 0 saturated heterocycles. The number of ketones is 2. The minimum absolute atomic E-state index is 0.180. The van der Waals surface area contributed by atoms with E-state index in [2.05, 4.69) is 0 Å². The lowest BCUT2D eigenvalue weighted by Crippen LogP contribution is -2.21. The molecule has 0 atom stereocenters. The van der Waals surface area contributed by atoms with E-state index in [0.29, 0.717) is 32.9 Å². The highest BCUT2D eigenvalue weighted by Gasteiger charge is 2.31. The van der Waals surface area contributed by atoms with E-state index < -0.39 is 10.1 Å². The molecule has 24 heavy (non-hydrogen) atoms. The van der Waals surface area contributed by atoms with E-state index >= 15 is 0 Å². The second-order valence-corrected chi connectivity index (χ2v) is 8.08. The van der Waals surface area contributed by atoms with Crippen molar-refractivity contribution in [3.05, 3.63) is 64.7 Å². The van der Waals surface area contributed by atoms with Crippen LogP contribution in [-0.4, -0.2) is 36.0 Å². The van der Waals surface area contributed by atoms with Crippen LogP contribution in [0.15, 0.2) is 47.4 Å². The van der Waals surface area contributed by atoms with E-state index in [1.807, 2.05) is 0 Å². The Hall–Kier alpha value is -1.96. The second-order valence-electron chi connectivity index (χ2n) is 5.37. The third-order valence-corrected chi connectivity index (χ3v) is 5.67. The van der Waals surface area contributed by atoms with Crippen molar-refractivity contribution in [1.82, 2.24) is 0 Å². The lowest BCUT2D eigenvalue weighted by atomic mass is 9.84. The molecule has 5 nitrogen and oxygen atoms in total. The van der Waals surface area contributed by atoms with Gasteiger partial charge in [0, 0.05) is 27.1 Å². The minimum atomic E-state index is -3.99. The van der Waals surface area contributed by atoms with Gasteiger partial charge < -0.3 is 0 Å². The van der Waals surface area contributed by atoms with Crippen LogP contribution in [0.25, 0.3) is 0 Å². The summed E-state index contributed by atoms with van der Waals surface area (Å²) in [4.78, 5) is 26.0. The molecule has 2 aromatic rings. The van der Waals surface area contributed by atoms with Crippen molar-refractivity contribution >= 4 is 33.4 Å². The molecule has 0 saturated carbocycles. The zero-order chi connectivity index (χ0) is 17.3. The summed E-state index contributed by atoms with van der Waals surface area (Å²) in [7, 11) is -3.99. The molecule has 0 amide bonds. The van der Waals surface area contributed by atoms with Gasteiger partial charge in [-0.3, -0.25) is 14.1 Å². The SMILES string of the molecule is O=C1c2ccccc2C(=O)c2c(SCCCS(=O)(=O)O)cccc21. The number of carbonyl (C=O) groups is 2. The van der Waals surface area contributed by atoms with Gasteiger partial charge in [0.1, 0.15) is 0 Å². The quantitative estimate of drug-likeness (QED) is 0.426. The third kappa shape index (κ3) is 3.28. The fourth-order valence-corrected chi connectivity index (χ4v) is 4.38. The number of carbonyl (C=O) groups excluding carboxylic acids is 2. The molecule has 0 radical (unpaired) electrons. The van der Waals surface area contributed by atoms with Crippen LogP contribution in [0.5, 0.6) is 0 Å². The molecule has 0 heterocycles. The molecule has 124 valence electrons. The van der Waals surface area contributed by atoms with Crippen LogP contribution in [0.3, 0.4) is 0 Å². The Morgan fingerprint density at radius 1 is 0.875 bits per heavy atom. The summed E-state index contributed by atoms with van der Waals surface area (Å²) >= 11 is 1.31. The van der Waals surface area contributed by atoms with Gasteiger partial charge in [-0.2, -0.15) is 8.42 Å². The molecular weight excluding hydrogens is 348 g/mol. The maximum Gasteiger partial charge on any atom is 0.264 e. The van der Waals surface area contributed by atoms with Gasteiger partial charge in [-0.05, 0) is 18.2 Å². The summed E-state index contributed by atoms with van der Waals surface area (Å²) in [5.74, 6) is -0.289. The Morgan fingerprint density at radius 2 is 1.50 bits per heavy atom. The summed E-state index contributed by atoms with van der Waals surface area (Å²) in [5.41, 5.74) is 1.54. The van der Waals surface area contributed by atoms with Gasteiger partial charge in [-0.25, -0.2) is 0 Å². The van der Waals surface area contributed by atoms with Crippen molar-refractivity contribution in [2.45, 2.75) is 11.3 Å². The Kier molecular flexibility index (Phi) is 4.58. The fraction of sp³-hybridized carbons (Fsp3) is 0.176. The van der Waals surface area contributed by atoms with Crippen molar-refractivity contribution in [3.8, 4) is 0 Å². The molecule has 1 aliphatic carbocycles. The Bertz CT molecular complexity index is 932. The normalized spacial score (nSPS) is 13.5. The zero-order valence-electron chi connectivity index (χ0n) is 12.6. The predicted molar refractivity (Wildman–Crippen MR) is 91.5 cm³/mol. The first-order valence-electron chi connectivity index (χ1n) is 7.28. The van der Waals surface area contributed by atoms with Crippen molar-refractivity contribution in [1.29, 1.82) is 0 Å². The lowest BCUT2D eigenvalue weighted by Gasteiger charge is -2.19. The van der Waals surface area contributed by atoms with Gasteiger partial charge in [0.2, 0.25) is 0 Å². The van der Waals surface area contributed by atoms with Gasteiger partial charge >= 0.3 is 0 Å². The van der Waals surface area contributed by atoms with Gasteiger partial charge in [0.25, 0.3) is 10.1 Å². The van der Waals surface area contributed by atoms with Gasteiger partial charge in [-0.1, -0.05) is 36.4 Å². The van der Waals surface area contributed by atoms with Crippen LogP contribution < -0.4 is 0 Å². The molecule has 2 aromatic carbocycles. The maximum atomic E-state index is 12.8. The van der Waals surface area contributed by atoms with Crippen LogP contribution in [0.4, 0.5) is 0 Å². The zero-order valence-corrected chi connectivity index (χ0v) is 14.2. The first kappa shape index (κ1) is 16.9. The number of hydrogen-bond acceptors (Lipinski definition) is 5. The van der Waals surface area contributed by atoms with Crippen molar-refractivity contribution in [2.75, 3.05) is 11.5 Å². The summed E-state index contributed by atoms with van der Waals surface area (Å²) in [6, 6.07) is 11.8. The maximum absolute atomic E-state index is 12.8.